The SMILES string of the molecule is NCc1cnc2ccncn12. The number of fused-ring (bicyclic) bond motifs is 1. The van der Waals surface area contributed by atoms with E-state index >= 15 is 0 Å². The molecule has 2 heterocycles. The van der Waals surface area contributed by atoms with Crippen molar-refractivity contribution in [2.75, 3.05) is 0 Å². The second kappa shape index (κ2) is 2.32. The maximum absolute atomic E-state index is 5.47. The molecule has 56 valence electrons. The topological polar surface area (TPSA) is 56.2 Å². The van der Waals surface area contributed by atoms with Gasteiger partial charge in [0.1, 0.15) is 12.0 Å². The van der Waals surface area contributed by atoms with Crippen LogP contribution in [0.2, 0.25) is 0 Å². The molecule has 0 saturated heterocycles. The Balaban J connectivity index is 2.76. The monoisotopic (exact) mass is 148 g/mol. The van der Waals surface area contributed by atoms with Gasteiger partial charge in [0, 0.05) is 12.7 Å². The van der Waals surface area contributed by atoms with Crippen LogP contribution >= 0.6 is 0 Å². The molecule has 0 saturated carbocycles. The maximum Gasteiger partial charge on any atom is 0.139 e. The maximum atomic E-state index is 5.47. The molecule has 0 aliphatic rings. The number of hydrogen-bond donors (Lipinski definition) is 1. The number of rotatable bonds is 1. The molecule has 4 heteroatoms. The summed E-state index contributed by atoms with van der Waals surface area (Å²) in [6.07, 6.45) is 5.18. The van der Waals surface area contributed by atoms with E-state index < -0.39 is 0 Å². The fourth-order valence-electron chi connectivity index (χ4n) is 1.03. The molecule has 0 bridgehead atoms. The van der Waals surface area contributed by atoms with Gasteiger partial charge in [-0.2, -0.15) is 0 Å². The largest absolute Gasteiger partial charge is 0.325 e. The van der Waals surface area contributed by atoms with Gasteiger partial charge < -0.3 is 5.73 Å². The van der Waals surface area contributed by atoms with Gasteiger partial charge in [0.25, 0.3) is 0 Å². The summed E-state index contributed by atoms with van der Waals surface area (Å²) in [5.41, 5.74) is 7.34. The molecule has 11 heavy (non-hydrogen) atoms. The third kappa shape index (κ3) is 0.877. The minimum absolute atomic E-state index is 0.493. The Morgan fingerprint density at radius 1 is 1.55 bits per heavy atom. The van der Waals surface area contributed by atoms with Crippen LogP contribution in [0.1, 0.15) is 5.69 Å². The third-order valence-corrected chi connectivity index (χ3v) is 1.60. The minimum atomic E-state index is 0.493. The van der Waals surface area contributed by atoms with Gasteiger partial charge in [-0.05, 0) is 6.07 Å². The Morgan fingerprint density at radius 2 is 2.45 bits per heavy atom. The highest BCUT2D eigenvalue weighted by atomic mass is 15.0. The number of hydrogen-bond acceptors (Lipinski definition) is 3. The van der Waals surface area contributed by atoms with Crippen molar-refractivity contribution >= 4 is 5.65 Å². The zero-order valence-corrected chi connectivity index (χ0v) is 5.94. The molecule has 0 unspecified atom stereocenters. The van der Waals surface area contributed by atoms with E-state index in [4.69, 9.17) is 5.73 Å². The molecule has 2 N–H and O–H groups in total. The summed E-state index contributed by atoms with van der Waals surface area (Å²) in [6.45, 7) is 0.493. The molecule has 2 aromatic heterocycles. The molecule has 4 nitrogen and oxygen atoms in total. The van der Waals surface area contributed by atoms with Crippen LogP contribution in [0.5, 0.6) is 0 Å². The van der Waals surface area contributed by atoms with Crippen molar-refractivity contribution in [1.29, 1.82) is 0 Å². The summed E-state index contributed by atoms with van der Waals surface area (Å²) in [5, 5.41) is 0. The predicted molar refractivity (Wildman–Crippen MR) is 40.9 cm³/mol. The molecule has 0 amide bonds. The van der Waals surface area contributed by atoms with Gasteiger partial charge in [-0.25, -0.2) is 9.97 Å². The lowest BCUT2D eigenvalue weighted by atomic mass is 10.5. The van der Waals surface area contributed by atoms with Gasteiger partial charge in [0.05, 0.1) is 11.9 Å². The highest BCUT2D eigenvalue weighted by molar-refractivity contribution is 5.37. The lowest BCUT2D eigenvalue weighted by molar-refractivity contribution is 0.937. The number of aromatic nitrogens is 3. The molecule has 2 rings (SSSR count). The summed E-state index contributed by atoms with van der Waals surface area (Å²) in [6, 6.07) is 1.85. The van der Waals surface area contributed by atoms with Gasteiger partial charge in [-0.3, -0.25) is 4.40 Å². The van der Waals surface area contributed by atoms with Crippen LogP contribution in [0.3, 0.4) is 0 Å². The van der Waals surface area contributed by atoms with Crippen molar-refractivity contribution < 1.29 is 0 Å². The molecule has 0 aliphatic heterocycles. The fraction of sp³-hybridized carbons (Fsp3) is 0.143. The lowest BCUT2D eigenvalue weighted by Crippen LogP contribution is -2.00. The van der Waals surface area contributed by atoms with Gasteiger partial charge >= 0.3 is 0 Å². The normalized spacial score (nSPS) is 10.6. The molecule has 0 atom stereocenters. The smallest absolute Gasteiger partial charge is 0.139 e. The Hall–Kier alpha value is -1.42. The van der Waals surface area contributed by atoms with E-state index in [0.29, 0.717) is 6.54 Å². The number of imidazole rings is 1. The first kappa shape index (κ1) is 6.30. The summed E-state index contributed by atoms with van der Waals surface area (Å²) in [7, 11) is 0. The average Bonchev–Trinajstić information content (AvgIpc) is 2.47. The van der Waals surface area contributed by atoms with Crippen molar-refractivity contribution in [1.82, 2.24) is 14.4 Å². The van der Waals surface area contributed by atoms with Gasteiger partial charge in [0.15, 0.2) is 0 Å². The molecular weight excluding hydrogens is 140 g/mol. The summed E-state index contributed by atoms with van der Waals surface area (Å²) < 4.78 is 1.88. The van der Waals surface area contributed by atoms with Crippen LogP contribution in [0.25, 0.3) is 5.65 Å². The van der Waals surface area contributed by atoms with Crippen LogP contribution in [0, 0.1) is 0 Å². The van der Waals surface area contributed by atoms with Crippen molar-refractivity contribution in [3.63, 3.8) is 0 Å². The fourth-order valence-corrected chi connectivity index (χ4v) is 1.03. The van der Waals surface area contributed by atoms with E-state index in [1.54, 1.807) is 18.7 Å². The Kier molecular flexibility index (Phi) is 1.33. The van der Waals surface area contributed by atoms with Gasteiger partial charge in [-0.1, -0.05) is 0 Å². The first-order valence-electron chi connectivity index (χ1n) is 3.38. The van der Waals surface area contributed by atoms with Crippen molar-refractivity contribution in [2.45, 2.75) is 6.54 Å². The Labute approximate surface area is 63.7 Å². The van der Waals surface area contributed by atoms with Crippen molar-refractivity contribution in [3.8, 4) is 0 Å². The molecule has 0 aromatic carbocycles. The minimum Gasteiger partial charge on any atom is -0.325 e. The van der Waals surface area contributed by atoms with Crippen LogP contribution in [0.15, 0.2) is 24.8 Å². The van der Waals surface area contributed by atoms with Crippen LogP contribution < -0.4 is 5.73 Å². The highest BCUT2D eigenvalue weighted by Gasteiger charge is 1.98. The average molecular weight is 148 g/mol. The number of nitrogens with two attached hydrogens (primary N) is 1. The third-order valence-electron chi connectivity index (χ3n) is 1.60. The molecule has 2 aromatic rings. The number of nitrogens with zero attached hydrogens (tertiary/aromatic N) is 3. The van der Waals surface area contributed by atoms with Crippen LogP contribution in [0.4, 0.5) is 0 Å². The first-order valence-corrected chi connectivity index (χ1v) is 3.38. The summed E-state index contributed by atoms with van der Waals surface area (Å²) in [4.78, 5) is 8.09. The van der Waals surface area contributed by atoms with Gasteiger partial charge in [-0.15, -0.1) is 0 Å². The molecule has 0 radical (unpaired) electrons. The molecular formula is C7H8N4. The zero-order chi connectivity index (χ0) is 7.68. The molecule has 0 fully saturated rings. The Bertz CT molecular complexity index is 365. The highest BCUT2D eigenvalue weighted by Crippen LogP contribution is 2.02. The Morgan fingerprint density at radius 3 is 3.27 bits per heavy atom. The summed E-state index contributed by atoms with van der Waals surface area (Å²) in [5.74, 6) is 0. The van der Waals surface area contributed by atoms with E-state index in [0.717, 1.165) is 11.3 Å². The van der Waals surface area contributed by atoms with E-state index in [1.165, 1.54) is 0 Å². The first-order chi connectivity index (χ1) is 5.42. The summed E-state index contributed by atoms with van der Waals surface area (Å²) >= 11 is 0. The van der Waals surface area contributed by atoms with E-state index in [-0.39, 0.29) is 0 Å². The standard InChI is InChI=1S/C7H8N4/c8-3-6-4-10-7-1-2-9-5-11(6)7/h1-2,4-5H,3,8H2. The quantitative estimate of drug-likeness (QED) is 0.628. The van der Waals surface area contributed by atoms with Crippen LogP contribution in [-0.2, 0) is 6.54 Å². The second-order valence-corrected chi connectivity index (χ2v) is 2.26. The predicted octanol–water partition coefficient (Wildman–Crippen LogP) is 0.188. The lowest BCUT2D eigenvalue weighted by Gasteiger charge is -1.94. The zero-order valence-electron chi connectivity index (χ0n) is 5.94. The van der Waals surface area contributed by atoms with Crippen LogP contribution in [-0.4, -0.2) is 14.4 Å². The van der Waals surface area contributed by atoms with E-state index in [2.05, 4.69) is 9.97 Å². The second-order valence-electron chi connectivity index (χ2n) is 2.26. The van der Waals surface area contributed by atoms with E-state index in [1.807, 2.05) is 10.5 Å². The van der Waals surface area contributed by atoms with Crippen molar-refractivity contribution in [2.24, 2.45) is 5.73 Å². The van der Waals surface area contributed by atoms with Crippen molar-refractivity contribution in [3.05, 3.63) is 30.5 Å². The molecule has 0 aliphatic carbocycles. The molecule has 0 spiro atoms. The van der Waals surface area contributed by atoms with Gasteiger partial charge in [0.2, 0.25) is 0 Å². The van der Waals surface area contributed by atoms with E-state index in [9.17, 15) is 0 Å².